The molecule has 1 fully saturated rings. The van der Waals surface area contributed by atoms with E-state index in [1.54, 1.807) is 6.20 Å². The number of carboxylic acids is 1. The fourth-order valence-corrected chi connectivity index (χ4v) is 1.68. The van der Waals surface area contributed by atoms with Gasteiger partial charge in [-0.2, -0.15) is 0 Å². The number of aliphatic carboxylic acids is 1. The van der Waals surface area contributed by atoms with Crippen molar-refractivity contribution in [3.05, 3.63) is 30.1 Å². The van der Waals surface area contributed by atoms with Gasteiger partial charge in [-0.25, -0.2) is 0 Å². The van der Waals surface area contributed by atoms with Gasteiger partial charge in [0.05, 0.1) is 5.92 Å². The van der Waals surface area contributed by atoms with Gasteiger partial charge in [0.25, 0.3) is 0 Å². The monoisotopic (exact) mass is 213 g/mol. The summed E-state index contributed by atoms with van der Waals surface area (Å²) in [4.78, 5) is 14.7. The second-order valence-electron chi connectivity index (χ2n) is 3.46. The van der Waals surface area contributed by atoms with Crippen LogP contribution in [0.15, 0.2) is 24.4 Å². The van der Waals surface area contributed by atoms with E-state index in [9.17, 15) is 4.79 Å². The number of hydrogen-bond donors (Lipinski definition) is 1. The lowest BCUT2D eigenvalue weighted by Gasteiger charge is -2.31. The van der Waals surface area contributed by atoms with Gasteiger partial charge in [-0.3, -0.25) is 9.78 Å². The van der Waals surface area contributed by atoms with Gasteiger partial charge >= 0.3 is 5.97 Å². The fraction of sp³-hybridized carbons (Fsp3) is 0.400. The largest absolute Gasteiger partial charge is 0.481 e. The summed E-state index contributed by atoms with van der Waals surface area (Å²) < 4.78 is 0. The molecule has 14 heavy (non-hydrogen) atoms. The standard InChI is InChI=1S/C10H11NO2.ClH/c12-10(13)8-5-7(6-8)9-3-1-2-4-11-9;/h1-4,7-8H,5-6H2,(H,12,13);1H. The van der Waals surface area contributed by atoms with Crippen molar-refractivity contribution in [2.75, 3.05) is 0 Å². The maximum absolute atomic E-state index is 10.5. The minimum absolute atomic E-state index is 0. The van der Waals surface area contributed by atoms with E-state index in [0.29, 0.717) is 5.92 Å². The molecule has 0 bridgehead atoms. The van der Waals surface area contributed by atoms with E-state index in [0.717, 1.165) is 18.5 Å². The Morgan fingerprint density at radius 3 is 2.64 bits per heavy atom. The molecule has 1 saturated carbocycles. The summed E-state index contributed by atoms with van der Waals surface area (Å²) in [6.07, 6.45) is 3.24. The van der Waals surface area contributed by atoms with Gasteiger partial charge in [0, 0.05) is 17.8 Å². The normalized spacial score (nSPS) is 24.6. The minimum Gasteiger partial charge on any atom is -0.481 e. The molecule has 4 heteroatoms. The molecule has 0 saturated heterocycles. The molecule has 0 spiro atoms. The van der Waals surface area contributed by atoms with Crippen molar-refractivity contribution in [1.82, 2.24) is 4.98 Å². The molecule has 1 aliphatic rings. The van der Waals surface area contributed by atoms with Crippen molar-refractivity contribution in [3.8, 4) is 0 Å². The highest BCUT2D eigenvalue weighted by Crippen LogP contribution is 2.40. The first kappa shape index (κ1) is 11.0. The van der Waals surface area contributed by atoms with Gasteiger partial charge in [0.2, 0.25) is 0 Å². The zero-order valence-electron chi connectivity index (χ0n) is 7.59. The Hall–Kier alpha value is -1.09. The maximum atomic E-state index is 10.5. The highest BCUT2D eigenvalue weighted by Gasteiger charge is 2.35. The highest BCUT2D eigenvalue weighted by molar-refractivity contribution is 5.85. The van der Waals surface area contributed by atoms with E-state index in [4.69, 9.17) is 5.11 Å². The lowest BCUT2D eigenvalue weighted by Crippen LogP contribution is -2.29. The molecule has 0 unspecified atom stereocenters. The first-order chi connectivity index (χ1) is 6.27. The van der Waals surface area contributed by atoms with Crippen LogP contribution in [0.4, 0.5) is 0 Å². The summed E-state index contributed by atoms with van der Waals surface area (Å²) in [5.41, 5.74) is 1.03. The Morgan fingerprint density at radius 1 is 1.43 bits per heavy atom. The topological polar surface area (TPSA) is 50.2 Å². The lowest BCUT2D eigenvalue weighted by atomic mass is 9.73. The van der Waals surface area contributed by atoms with Crippen molar-refractivity contribution in [2.24, 2.45) is 5.92 Å². The second kappa shape index (κ2) is 4.42. The van der Waals surface area contributed by atoms with Gasteiger partial charge in [0.15, 0.2) is 0 Å². The van der Waals surface area contributed by atoms with Crippen LogP contribution in [0.2, 0.25) is 0 Å². The first-order valence-corrected chi connectivity index (χ1v) is 4.41. The fourth-order valence-electron chi connectivity index (χ4n) is 1.68. The lowest BCUT2D eigenvalue weighted by molar-refractivity contribution is -0.145. The Labute approximate surface area is 88.6 Å². The van der Waals surface area contributed by atoms with Gasteiger partial charge in [-0.1, -0.05) is 6.07 Å². The van der Waals surface area contributed by atoms with Crippen LogP contribution in [-0.2, 0) is 4.79 Å². The average Bonchev–Trinajstić information content (AvgIpc) is 2.02. The van der Waals surface area contributed by atoms with E-state index in [2.05, 4.69) is 4.98 Å². The molecule has 0 radical (unpaired) electrons. The number of carbonyl (C=O) groups is 1. The zero-order valence-corrected chi connectivity index (χ0v) is 8.41. The Kier molecular flexibility index (Phi) is 3.47. The average molecular weight is 214 g/mol. The zero-order chi connectivity index (χ0) is 9.26. The van der Waals surface area contributed by atoms with Crippen LogP contribution >= 0.6 is 12.4 Å². The SMILES string of the molecule is Cl.O=C(O)C1CC(c2ccccn2)C1. The predicted molar refractivity (Wildman–Crippen MR) is 54.6 cm³/mol. The molecule has 3 nitrogen and oxygen atoms in total. The minimum atomic E-state index is -0.674. The van der Waals surface area contributed by atoms with Crippen molar-refractivity contribution in [3.63, 3.8) is 0 Å². The summed E-state index contributed by atoms with van der Waals surface area (Å²) in [5.74, 6) is -0.457. The van der Waals surface area contributed by atoms with E-state index in [1.165, 1.54) is 0 Å². The van der Waals surface area contributed by atoms with Crippen LogP contribution in [0.25, 0.3) is 0 Å². The smallest absolute Gasteiger partial charge is 0.306 e. The van der Waals surface area contributed by atoms with E-state index < -0.39 is 5.97 Å². The Bertz CT molecular complexity index is 309. The molecule has 1 aromatic rings. The number of rotatable bonds is 2. The highest BCUT2D eigenvalue weighted by atomic mass is 35.5. The molecule has 0 atom stereocenters. The van der Waals surface area contributed by atoms with E-state index in [1.807, 2.05) is 18.2 Å². The van der Waals surface area contributed by atoms with Crippen LogP contribution in [0, 0.1) is 5.92 Å². The molecule has 2 rings (SSSR count). The summed E-state index contributed by atoms with van der Waals surface area (Å²) >= 11 is 0. The predicted octanol–water partition coefficient (Wildman–Crippen LogP) is 2.08. The van der Waals surface area contributed by atoms with Crippen LogP contribution in [0.1, 0.15) is 24.5 Å². The third-order valence-corrected chi connectivity index (χ3v) is 2.59. The molecule has 0 aromatic carbocycles. The number of hydrogen-bond acceptors (Lipinski definition) is 2. The molecular formula is C10H12ClNO2. The molecule has 0 aliphatic heterocycles. The Balaban J connectivity index is 0.000000980. The number of aromatic nitrogens is 1. The van der Waals surface area contributed by atoms with Crippen LogP contribution in [0.5, 0.6) is 0 Å². The molecule has 1 aromatic heterocycles. The van der Waals surface area contributed by atoms with Gasteiger partial charge < -0.3 is 5.11 Å². The third kappa shape index (κ3) is 2.04. The van der Waals surface area contributed by atoms with E-state index in [-0.39, 0.29) is 18.3 Å². The Morgan fingerprint density at radius 2 is 2.14 bits per heavy atom. The van der Waals surface area contributed by atoms with Crippen LogP contribution in [0.3, 0.4) is 0 Å². The number of halogens is 1. The molecule has 1 heterocycles. The summed E-state index contributed by atoms with van der Waals surface area (Å²) in [5, 5.41) is 8.68. The quantitative estimate of drug-likeness (QED) is 0.819. The van der Waals surface area contributed by atoms with Crippen molar-refractivity contribution in [2.45, 2.75) is 18.8 Å². The number of pyridine rings is 1. The van der Waals surface area contributed by atoms with E-state index >= 15 is 0 Å². The second-order valence-corrected chi connectivity index (χ2v) is 3.46. The van der Waals surface area contributed by atoms with Crippen molar-refractivity contribution < 1.29 is 9.90 Å². The molecule has 0 amide bonds. The first-order valence-electron chi connectivity index (χ1n) is 4.41. The summed E-state index contributed by atoms with van der Waals surface area (Å²) in [6.45, 7) is 0. The summed E-state index contributed by atoms with van der Waals surface area (Å²) in [7, 11) is 0. The molecule has 1 N–H and O–H groups in total. The van der Waals surface area contributed by atoms with Gasteiger partial charge in [0.1, 0.15) is 0 Å². The van der Waals surface area contributed by atoms with Gasteiger partial charge in [-0.15, -0.1) is 12.4 Å². The molecular weight excluding hydrogens is 202 g/mol. The van der Waals surface area contributed by atoms with Crippen LogP contribution < -0.4 is 0 Å². The summed E-state index contributed by atoms with van der Waals surface area (Å²) in [6, 6.07) is 5.77. The number of nitrogens with zero attached hydrogens (tertiary/aromatic N) is 1. The molecule has 1 aliphatic carbocycles. The van der Waals surface area contributed by atoms with Crippen molar-refractivity contribution >= 4 is 18.4 Å². The maximum Gasteiger partial charge on any atom is 0.306 e. The van der Waals surface area contributed by atoms with Crippen molar-refractivity contribution in [1.29, 1.82) is 0 Å². The number of carboxylic acid groups (broad SMARTS) is 1. The third-order valence-electron chi connectivity index (χ3n) is 2.59. The molecule has 76 valence electrons. The van der Waals surface area contributed by atoms with Gasteiger partial charge in [-0.05, 0) is 25.0 Å². The van der Waals surface area contributed by atoms with Crippen LogP contribution in [-0.4, -0.2) is 16.1 Å².